The molecule has 0 heterocycles. The first-order chi connectivity index (χ1) is 3.18. The lowest BCUT2D eigenvalue weighted by atomic mass is 10.8. The van der Waals surface area contributed by atoms with Crippen molar-refractivity contribution in [1.82, 2.24) is 0 Å². The first-order valence-electron chi connectivity index (χ1n) is 1.54. The third kappa shape index (κ3) is 2.85. The minimum Gasteiger partial charge on any atom is -0.357 e. The van der Waals surface area contributed by atoms with Gasteiger partial charge < -0.3 is 4.74 Å². The van der Waals surface area contributed by atoms with Crippen LogP contribution in [0.5, 0.6) is 0 Å². The molecule has 0 aromatic rings. The highest BCUT2D eigenvalue weighted by Gasteiger charge is 2.08. The zero-order chi connectivity index (χ0) is 5.86. The summed E-state index contributed by atoms with van der Waals surface area (Å²) in [6.07, 6.45) is 0. The molecule has 1 atom stereocenters. The van der Waals surface area contributed by atoms with Gasteiger partial charge in [-0.15, -0.1) is 0 Å². The molecule has 0 aromatic carbocycles. The third-order valence-electron chi connectivity index (χ3n) is 0.385. The summed E-state index contributed by atoms with van der Waals surface area (Å²) in [5, 5.41) is -0.691. The maximum Gasteiger partial charge on any atom is 0.265 e. The van der Waals surface area contributed by atoms with Crippen LogP contribution >= 0.6 is 23.2 Å². The van der Waals surface area contributed by atoms with E-state index in [0.29, 0.717) is 0 Å². The van der Waals surface area contributed by atoms with Crippen LogP contribution in [0.4, 0.5) is 0 Å². The molecule has 0 aliphatic rings. The molecule has 0 fully saturated rings. The van der Waals surface area contributed by atoms with Crippen LogP contribution in [-0.4, -0.2) is 17.9 Å². The molecule has 0 radical (unpaired) electrons. The van der Waals surface area contributed by atoms with Crippen molar-refractivity contribution in [1.29, 1.82) is 0 Å². The van der Waals surface area contributed by atoms with E-state index in [1.165, 1.54) is 7.11 Å². The predicted octanol–water partition coefficient (Wildman–Crippen LogP) is 0.963. The maximum absolute atomic E-state index is 9.88. The lowest BCUT2D eigenvalue weighted by Gasteiger charge is -1.95. The predicted molar refractivity (Wildman–Crippen MR) is 27.5 cm³/mol. The second-order valence-corrected chi connectivity index (χ2v) is 1.62. The van der Waals surface area contributed by atoms with Crippen molar-refractivity contribution >= 4 is 28.4 Å². The van der Waals surface area contributed by atoms with Gasteiger partial charge in [0, 0.05) is 7.11 Å². The first kappa shape index (κ1) is 7.21. The number of methoxy groups -OCH3 is 1. The summed E-state index contributed by atoms with van der Waals surface area (Å²) in [6.45, 7) is 0. The fourth-order valence-electron chi connectivity index (χ4n) is 0.0927. The number of alkyl halides is 1. The van der Waals surface area contributed by atoms with Crippen molar-refractivity contribution in [2.24, 2.45) is 0 Å². The van der Waals surface area contributed by atoms with Crippen LogP contribution in [0, 0.1) is 0 Å². The SMILES string of the molecule is COC(Cl)C(=O)Cl. The minimum atomic E-state index is -0.998. The third-order valence-corrected chi connectivity index (χ3v) is 1.07. The number of ether oxygens (including phenoxy) is 1. The van der Waals surface area contributed by atoms with Crippen LogP contribution < -0.4 is 0 Å². The topological polar surface area (TPSA) is 26.3 Å². The molecule has 0 N–H and O–H groups in total. The summed E-state index contributed by atoms with van der Waals surface area (Å²) in [4.78, 5) is 9.88. The fourth-order valence-corrected chi connectivity index (χ4v) is 0.182. The Morgan fingerprint density at radius 2 is 2.29 bits per heavy atom. The summed E-state index contributed by atoms with van der Waals surface area (Å²) in [5.41, 5.74) is -0.998. The van der Waals surface area contributed by atoms with E-state index in [0.717, 1.165) is 0 Å². The molecule has 0 spiro atoms. The Morgan fingerprint density at radius 1 is 1.86 bits per heavy atom. The van der Waals surface area contributed by atoms with Gasteiger partial charge in [-0.25, -0.2) is 0 Å². The normalized spacial score (nSPS) is 13.6. The molecular weight excluding hydrogens is 139 g/mol. The quantitative estimate of drug-likeness (QED) is 0.425. The standard InChI is InChI=1S/C3H4Cl2O2/c1-7-3(5)2(4)6/h3H,1H3. The Bertz CT molecular complexity index is 73.3. The van der Waals surface area contributed by atoms with Crippen LogP contribution in [-0.2, 0) is 9.53 Å². The molecule has 42 valence electrons. The van der Waals surface area contributed by atoms with Crippen molar-refractivity contribution in [3.05, 3.63) is 0 Å². The number of carbonyl (C=O) groups excluding carboxylic acids is 1. The van der Waals surface area contributed by atoms with Gasteiger partial charge in [-0.05, 0) is 11.6 Å². The Balaban J connectivity index is 3.34. The Morgan fingerprint density at radius 3 is 2.29 bits per heavy atom. The van der Waals surface area contributed by atoms with Gasteiger partial charge in [0.2, 0.25) is 5.56 Å². The molecule has 0 saturated carbocycles. The lowest BCUT2D eigenvalue weighted by Crippen LogP contribution is -2.08. The monoisotopic (exact) mass is 142 g/mol. The van der Waals surface area contributed by atoms with E-state index in [9.17, 15) is 4.79 Å². The van der Waals surface area contributed by atoms with Gasteiger partial charge in [0.05, 0.1) is 0 Å². The zero-order valence-electron chi connectivity index (χ0n) is 3.65. The fraction of sp³-hybridized carbons (Fsp3) is 0.667. The first-order valence-corrected chi connectivity index (χ1v) is 2.36. The van der Waals surface area contributed by atoms with E-state index < -0.39 is 10.8 Å². The average molecular weight is 143 g/mol. The van der Waals surface area contributed by atoms with Gasteiger partial charge in [-0.1, -0.05) is 11.6 Å². The maximum atomic E-state index is 9.88. The highest BCUT2D eigenvalue weighted by Crippen LogP contribution is 1.99. The number of carbonyl (C=O) groups is 1. The van der Waals surface area contributed by atoms with E-state index >= 15 is 0 Å². The summed E-state index contributed by atoms with van der Waals surface area (Å²) < 4.78 is 4.30. The molecular formula is C3H4Cl2O2. The van der Waals surface area contributed by atoms with Crippen molar-refractivity contribution < 1.29 is 9.53 Å². The molecule has 0 rings (SSSR count). The summed E-state index contributed by atoms with van der Waals surface area (Å²) >= 11 is 9.93. The Kier molecular flexibility index (Phi) is 3.34. The van der Waals surface area contributed by atoms with Crippen LogP contribution in [0.3, 0.4) is 0 Å². The summed E-state index contributed by atoms with van der Waals surface area (Å²) in [5.74, 6) is 0. The molecule has 0 bridgehead atoms. The van der Waals surface area contributed by atoms with E-state index in [2.05, 4.69) is 4.74 Å². The van der Waals surface area contributed by atoms with Gasteiger partial charge in [0.1, 0.15) is 0 Å². The van der Waals surface area contributed by atoms with Crippen molar-refractivity contribution in [3.8, 4) is 0 Å². The van der Waals surface area contributed by atoms with Crippen molar-refractivity contribution in [3.63, 3.8) is 0 Å². The number of hydrogen-bond acceptors (Lipinski definition) is 2. The van der Waals surface area contributed by atoms with Gasteiger partial charge in [0.15, 0.2) is 0 Å². The second kappa shape index (κ2) is 3.24. The van der Waals surface area contributed by atoms with Crippen LogP contribution in [0.15, 0.2) is 0 Å². The highest BCUT2D eigenvalue weighted by atomic mass is 35.5. The zero-order valence-corrected chi connectivity index (χ0v) is 5.16. The van der Waals surface area contributed by atoms with E-state index in [1.54, 1.807) is 0 Å². The molecule has 2 nitrogen and oxygen atoms in total. The molecule has 0 saturated heterocycles. The van der Waals surface area contributed by atoms with Crippen molar-refractivity contribution in [2.75, 3.05) is 7.11 Å². The highest BCUT2D eigenvalue weighted by molar-refractivity contribution is 6.68. The number of halogens is 2. The van der Waals surface area contributed by atoms with Crippen LogP contribution in [0.2, 0.25) is 0 Å². The number of rotatable bonds is 2. The van der Waals surface area contributed by atoms with Crippen LogP contribution in [0.25, 0.3) is 0 Å². The van der Waals surface area contributed by atoms with Gasteiger partial charge in [-0.2, -0.15) is 0 Å². The second-order valence-electron chi connectivity index (χ2n) is 0.856. The van der Waals surface area contributed by atoms with E-state index in [-0.39, 0.29) is 0 Å². The molecule has 0 aliphatic carbocycles. The van der Waals surface area contributed by atoms with Gasteiger partial charge in [-0.3, -0.25) is 4.79 Å². The van der Waals surface area contributed by atoms with Crippen LogP contribution in [0.1, 0.15) is 0 Å². The van der Waals surface area contributed by atoms with Crippen molar-refractivity contribution in [2.45, 2.75) is 5.56 Å². The molecule has 0 amide bonds. The summed E-state index contributed by atoms with van der Waals surface area (Å²) in [7, 11) is 1.30. The smallest absolute Gasteiger partial charge is 0.265 e. The van der Waals surface area contributed by atoms with Gasteiger partial charge >= 0.3 is 0 Å². The largest absolute Gasteiger partial charge is 0.357 e. The molecule has 0 aliphatic heterocycles. The lowest BCUT2D eigenvalue weighted by molar-refractivity contribution is -0.116. The average Bonchev–Trinajstić information content (AvgIpc) is 1.65. The van der Waals surface area contributed by atoms with E-state index in [1.807, 2.05) is 0 Å². The Hall–Kier alpha value is 0.210. The molecule has 1 unspecified atom stereocenters. The van der Waals surface area contributed by atoms with E-state index in [4.69, 9.17) is 23.2 Å². The molecule has 4 heteroatoms. The molecule has 7 heavy (non-hydrogen) atoms. The summed E-state index contributed by atoms with van der Waals surface area (Å²) in [6, 6.07) is 0. The van der Waals surface area contributed by atoms with Gasteiger partial charge in [0.25, 0.3) is 5.24 Å². The number of hydrogen-bond donors (Lipinski definition) is 0. The minimum absolute atomic E-state index is 0.691. The molecule has 0 aromatic heterocycles. The Labute approximate surface area is 51.4 Å².